The number of carbonyl (C=O) groups is 2. The zero-order valence-electron chi connectivity index (χ0n) is 18.4. The highest BCUT2D eigenvalue weighted by Gasteiger charge is 2.23. The van der Waals surface area contributed by atoms with Crippen LogP contribution in [0.25, 0.3) is 0 Å². The Kier molecular flexibility index (Phi) is 8.00. The van der Waals surface area contributed by atoms with Gasteiger partial charge in [0.15, 0.2) is 5.13 Å². The average molecular weight is 447 g/mol. The molecular formula is C22H30N4O4S. The van der Waals surface area contributed by atoms with Gasteiger partial charge in [0.05, 0.1) is 37.5 Å². The molecular weight excluding hydrogens is 416 g/mol. The lowest BCUT2D eigenvalue weighted by atomic mass is 10.0. The summed E-state index contributed by atoms with van der Waals surface area (Å²) in [5.74, 6) is 0.317. The van der Waals surface area contributed by atoms with E-state index in [2.05, 4.69) is 34.4 Å². The first kappa shape index (κ1) is 23.2. The van der Waals surface area contributed by atoms with Crippen molar-refractivity contribution in [1.82, 2.24) is 15.2 Å². The lowest BCUT2D eigenvalue weighted by Gasteiger charge is -2.34. The van der Waals surface area contributed by atoms with Crippen molar-refractivity contribution < 1.29 is 19.1 Å². The molecule has 1 aliphatic rings. The Morgan fingerprint density at radius 3 is 2.55 bits per heavy atom. The Bertz CT molecular complexity index is 876. The molecule has 168 valence electrons. The third-order valence-electron chi connectivity index (χ3n) is 4.96. The van der Waals surface area contributed by atoms with E-state index in [1.54, 1.807) is 7.11 Å². The summed E-state index contributed by atoms with van der Waals surface area (Å²) in [4.78, 5) is 31.2. The number of amides is 2. The van der Waals surface area contributed by atoms with Gasteiger partial charge < -0.3 is 20.1 Å². The van der Waals surface area contributed by atoms with Gasteiger partial charge in [0.1, 0.15) is 5.75 Å². The maximum absolute atomic E-state index is 12.6. The molecule has 1 fully saturated rings. The van der Waals surface area contributed by atoms with E-state index in [-0.39, 0.29) is 30.4 Å². The smallest absolute Gasteiger partial charge is 0.228 e. The van der Waals surface area contributed by atoms with Crippen molar-refractivity contribution in [3.8, 4) is 5.75 Å². The number of hydrogen-bond acceptors (Lipinski definition) is 7. The third-order valence-corrected chi connectivity index (χ3v) is 5.77. The molecule has 0 radical (unpaired) electrons. The summed E-state index contributed by atoms with van der Waals surface area (Å²) in [5, 5.41) is 8.23. The van der Waals surface area contributed by atoms with Crippen LogP contribution >= 0.6 is 11.3 Å². The summed E-state index contributed by atoms with van der Waals surface area (Å²) >= 11 is 1.40. The number of anilines is 1. The summed E-state index contributed by atoms with van der Waals surface area (Å²) in [5.41, 5.74) is 1.76. The van der Waals surface area contributed by atoms with Crippen LogP contribution in [-0.4, -0.2) is 54.1 Å². The molecule has 0 saturated carbocycles. The Morgan fingerprint density at radius 2 is 1.94 bits per heavy atom. The number of hydrogen-bond donors (Lipinski definition) is 2. The number of ether oxygens (including phenoxy) is 2. The number of rotatable bonds is 8. The molecule has 3 rings (SSSR count). The predicted molar refractivity (Wildman–Crippen MR) is 120 cm³/mol. The standard InChI is InChI=1S/C22H30N4O4S/c1-14-10-26(11-15(2)30-14)12-18-13-31-22(24-18)25-21(28)9-20(23-16(3)27)17-5-7-19(29-4)8-6-17/h5-8,13-15,20H,9-12H2,1-4H3,(H,23,27)(H,24,25,28)/t14-,15+,20-/m1/s1. The molecule has 9 heteroatoms. The van der Waals surface area contributed by atoms with E-state index in [4.69, 9.17) is 9.47 Å². The second-order valence-corrected chi connectivity index (χ2v) is 8.73. The van der Waals surface area contributed by atoms with Crippen LogP contribution < -0.4 is 15.4 Å². The van der Waals surface area contributed by atoms with Crippen molar-refractivity contribution in [3.05, 3.63) is 40.9 Å². The minimum atomic E-state index is -0.431. The van der Waals surface area contributed by atoms with Gasteiger partial charge in [-0.1, -0.05) is 12.1 Å². The number of methoxy groups -OCH3 is 1. The number of nitrogens with zero attached hydrogens (tertiary/aromatic N) is 2. The summed E-state index contributed by atoms with van der Waals surface area (Å²) in [7, 11) is 1.59. The maximum atomic E-state index is 12.6. The monoisotopic (exact) mass is 446 g/mol. The van der Waals surface area contributed by atoms with Crippen LogP contribution in [0.1, 0.15) is 44.5 Å². The number of benzene rings is 1. The largest absolute Gasteiger partial charge is 0.497 e. The van der Waals surface area contributed by atoms with E-state index in [0.29, 0.717) is 10.9 Å². The van der Waals surface area contributed by atoms with Crippen LogP contribution in [0.5, 0.6) is 5.75 Å². The Hall–Kier alpha value is -2.49. The van der Waals surface area contributed by atoms with E-state index in [0.717, 1.165) is 30.9 Å². The molecule has 31 heavy (non-hydrogen) atoms. The molecule has 0 unspecified atom stereocenters. The zero-order chi connectivity index (χ0) is 22.4. The van der Waals surface area contributed by atoms with Gasteiger partial charge in [-0.15, -0.1) is 11.3 Å². The molecule has 2 aromatic rings. The van der Waals surface area contributed by atoms with Crippen molar-refractivity contribution >= 4 is 28.3 Å². The van der Waals surface area contributed by atoms with Crippen molar-refractivity contribution in [3.63, 3.8) is 0 Å². The van der Waals surface area contributed by atoms with E-state index >= 15 is 0 Å². The quantitative estimate of drug-likeness (QED) is 0.648. The summed E-state index contributed by atoms with van der Waals surface area (Å²) in [6.07, 6.45) is 0.509. The van der Waals surface area contributed by atoms with Gasteiger partial charge in [-0.2, -0.15) is 0 Å². The van der Waals surface area contributed by atoms with Gasteiger partial charge in [0.25, 0.3) is 0 Å². The van der Waals surface area contributed by atoms with E-state index in [1.165, 1.54) is 18.3 Å². The summed E-state index contributed by atoms with van der Waals surface area (Å²) in [6, 6.07) is 6.88. The van der Waals surface area contributed by atoms with Crippen molar-refractivity contribution in [2.24, 2.45) is 0 Å². The highest BCUT2D eigenvalue weighted by Crippen LogP contribution is 2.23. The van der Waals surface area contributed by atoms with Crippen LogP contribution in [-0.2, 0) is 20.9 Å². The molecule has 1 saturated heterocycles. The maximum Gasteiger partial charge on any atom is 0.228 e. The lowest BCUT2D eigenvalue weighted by molar-refractivity contribution is -0.120. The highest BCUT2D eigenvalue weighted by molar-refractivity contribution is 7.13. The van der Waals surface area contributed by atoms with Crippen molar-refractivity contribution in [1.29, 1.82) is 0 Å². The van der Waals surface area contributed by atoms with Crippen LogP contribution in [0.3, 0.4) is 0 Å². The molecule has 3 atom stereocenters. The molecule has 1 aromatic heterocycles. The molecule has 0 aliphatic carbocycles. The minimum Gasteiger partial charge on any atom is -0.497 e. The molecule has 2 N–H and O–H groups in total. The van der Waals surface area contributed by atoms with Crippen LogP contribution in [0.15, 0.2) is 29.6 Å². The minimum absolute atomic E-state index is 0.110. The Morgan fingerprint density at radius 1 is 1.26 bits per heavy atom. The fourth-order valence-corrected chi connectivity index (χ4v) is 4.49. The molecule has 0 bridgehead atoms. The molecule has 2 amide bonds. The molecule has 2 heterocycles. The van der Waals surface area contributed by atoms with E-state index < -0.39 is 6.04 Å². The van der Waals surface area contributed by atoms with Gasteiger partial charge in [0, 0.05) is 31.9 Å². The second-order valence-electron chi connectivity index (χ2n) is 7.87. The molecule has 1 aliphatic heterocycles. The first-order chi connectivity index (χ1) is 14.8. The van der Waals surface area contributed by atoms with Gasteiger partial charge in [-0.05, 0) is 31.5 Å². The summed E-state index contributed by atoms with van der Waals surface area (Å²) in [6.45, 7) is 8.04. The highest BCUT2D eigenvalue weighted by atomic mass is 32.1. The van der Waals surface area contributed by atoms with Crippen LogP contribution in [0.2, 0.25) is 0 Å². The Labute approximate surface area is 186 Å². The number of thiazole rings is 1. The molecule has 0 spiro atoms. The van der Waals surface area contributed by atoms with Gasteiger partial charge in [0.2, 0.25) is 11.8 Å². The van der Waals surface area contributed by atoms with Crippen molar-refractivity contribution in [2.45, 2.75) is 52.0 Å². The first-order valence-electron chi connectivity index (χ1n) is 10.4. The molecule has 8 nitrogen and oxygen atoms in total. The van der Waals surface area contributed by atoms with E-state index in [1.807, 2.05) is 29.6 Å². The van der Waals surface area contributed by atoms with Gasteiger partial charge >= 0.3 is 0 Å². The number of carbonyl (C=O) groups excluding carboxylic acids is 2. The number of morpholine rings is 1. The second kappa shape index (κ2) is 10.7. The van der Waals surface area contributed by atoms with Gasteiger partial charge in [-0.25, -0.2) is 4.98 Å². The summed E-state index contributed by atoms with van der Waals surface area (Å²) < 4.78 is 10.9. The lowest BCUT2D eigenvalue weighted by Crippen LogP contribution is -2.44. The zero-order valence-corrected chi connectivity index (χ0v) is 19.2. The number of nitrogens with one attached hydrogen (secondary N) is 2. The van der Waals surface area contributed by atoms with Gasteiger partial charge in [-0.3, -0.25) is 14.5 Å². The SMILES string of the molecule is COc1ccc([C@@H](CC(=O)Nc2nc(CN3C[C@@H](C)O[C@@H](C)C3)cs2)NC(C)=O)cc1. The van der Waals surface area contributed by atoms with Crippen molar-refractivity contribution in [2.75, 3.05) is 25.5 Å². The predicted octanol–water partition coefficient (Wildman–Crippen LogP) is 2.97. The molecule has 1 aromatic carbocycles. The first-order valence-corrected chi connectivity index (χ1v) is 11.2. The van der Waals surface area contributed by atoms with E-state index in [9.17, 15) is 9.59 Å². The normalized spacial score (nSPS) is 20.1. The fourth-order valence-electron chi connectivity index (χ4n) is 3.77. The number of aromatic nitrogens is 1. The average Bonchev–Trinajstić information content (AvgIpc) is 3.13. The fraction of sp³-hybridized carbons (Fsp3) is 0.500. The van der Waals surface area contributed by atoms with Crippen LogP contribution in [0.4, 0.5) is 5.13 Å². The Balaban J connectivity index is 1.58. The third kappa shape index (κ3) is 7.02. The topological polar surface area (TPSA) is 92.8 Å². The van der Waals surface area contributed by atoms with Crippen LogP contribution in [0, 0.1) is 0 Å².